The number of piperazine rings is 1. The fourth-order valence-electron chi connectivity index (χ4n) is 1.40. The van der Waals surface area contributed by atoms with Crippen molar-refractivity contribution in [2.75, 3.05) is 13.1 Å². The molecule has 0 aliphatic carbocycles. The maximum absolute atomic E-state index is 11.6. The molecule has 0 spiro atoms. The number of nitrogens with one attached hydrogen (secondary N) is 2. The van der Waals surface area contributed by atoms with Crippen molar-refractivity contribution in [3.8, 4) is 0 Å². The monoisotopic (exact) mass is 273 g/mol. The quantitative estimate of drug-likeness (QED) is 0.416. The van der Waals surface area contributed by atoms with Crippen molar-refractivity contribution >= 4 is 29.8 Å². The molecule has 4 amide bonds. The molecular weight excluding hydrogens is 262 g/mol. The molecule has 1 atom stereocenters. The van der Waals surface area contributed by atoms with E-state index in [4.69, 9.17) is 10.2 Å². The summed E-state index contributed by atoms with van der Waals surface area (Å²) < 4.78 is 0. The van der Waals surface area contributed by atoms with Crippen molar-refractivity contribution in [1.29, 1.82) is 0 Å². The summed E-state index contributed by atoms with van der Waals surface area (Å²) in [4.78, 5) is 55.6. The summed E-state index contributed by atoms with van der Waals surface area (Å²) in [6.45, 7) is -0.812. The van der Waals surface area contributed by atoms with E-state index in [9.17, 15) is 24.0 Å². The van der Waals surface area contributed by atoms with Crippen molar-refractivity contribution in [2.45, 2.75) is 12.5 Å². The molecule has 0 aromatic carbocycles. The van der Waals surface area contributed by atoms with Crippen LogP contribution in [0.15, 0.2) is 0 Å². The second kappa shape index (κ2) is 5.80. The second-order valence-electron chi connectivity index (χ2n) is 3.77. The zero-order valence-electron chi connectivity index (χ0n) is 9.58. The van der Waals surface area contributed by atoms with Gasteiger partial charge in [-0.1, -0.05) is 0 Å². The van der Waals surface area contributed by atoms with E-state index in [2.05, 4.69) is 0 Å². The molecular formula is C9H11N3O7. The minimum Gasteiger partial charge on any atom is -0.481 e. The number of rotatable bonds is 4. The molecule has 10 heteroatoms. The van der Waals surface area contributed by atoms with Gasteiger partial charge in [-0.15, -0.1) is 0 Å². The van der Waals surface area contributed by atoms with E-state index in [1.165, 1.54) is 0 Å². The Labute approximate surface area is 106 Å². The van der Waals surface area contributed by atoms with E-state index >= 15 is 0 Å². The molecule has 1 fully saturated rings. The van der Waals surface area contributed by atoms with Crippen LogP contribution in [0.25, 0.3) is 0 Å². The van der Waals surface area contributed by atoms with Crippen molar-refractivity contribution in [2.24, 2.45) is 0 Å². The van der Waals surface area contributed by atoms with Gasteiger partial charge in [0.1, 0.15) is 19.1 Å². The predicted molar refractivity (Wildman–Crippen MR) is 56.9 cm³/mol. The molecule has 1 aliphatic rings. The number of nitrogens with zero attached hydrogens (tertiary/aromatic N) is 1. The van der Waals surface area contributed by atoms with Crippen LogP contribution >= 0.6 is 0 Å². The molecule has 1 aliphatic heterocycles. The highest BCUT2D eigenvalue weighted by Gasteiger charge is 2.30. The molecule has 0 radical (unpaired) electrons. The van der Waals surface area contributed by atoms with E-state index in [-0.39, 0.29) is 0 Å². The van der Waals surface area contributed by atoms with Gasteiger partial charge in [0.25, 0.3) is 0 Å². The van der Waals surface area contributed by atoms with Crippen molar-refractivity contribution in [1.82, 2.24) is 15.5 Å². The molecule has 1 heterocycles. The number of aliphatic carboxylic acids is 2. The van der Waals surface area contributed by atoms with Crippen LogP contribution in [-0.4, -0.2) is 64.0 Å². The van der Waals surface area contributed by atoms with Gasteiger partial charge in [0, 0.05) is 0 Å². The zero-order chi connectivity index (χ0) is 14.6. The van der Waals surface area contributed by atoms with Gasteiger partial charge in [-0.3, -0.25) is 19.7 Å². The molecule has 0 aromatic heterocycles. The number of amides is 4. The summed E-state index contributed by atoms with van der Waals surface area (Å²) in [6, 6.07) is -2.62. The molecule has 1 rings (SSSR count). The lowest BCUT2D eigenvalue weighted by atomic mass is 10.2. The summed E-state index contributed by atoms with van der Waals surface area (Å²) in [5, 5.41) is 21.1. The van der Waals surface area contributed by atoms with Gasteiger partial charge in [0.05, 0.1) is 6.42 Å². The van der Waals surface area contributed by atoms with E-state index in [0.29, 0.717) is 0 Å². The Hall–Kier alpha value is -2.65. The molecule has 0 unspecified atom stereocenters. The fraction of sp³-hybridized carbons (Fsp3) is 0.444. The van der Waals surface area contributed by atoms with Crippen LogP contribution in [0.5, 0.6) is 0 Å². The number of carboxylic acids is 2. The molecule has 19 heavy (non-hydrogen) atoms. The minimum atomic E-state index is -1.63. The Morgan fingerprint density at radius 1 is 1.21 bits per heavy atom. The van der Waals surface area contributed by atoms with Gasteiger partial charge in [0.2, 0.25) is 11.8 Å². The molecule has 104 valence electrons. The van der Waals surface area contributed by atoms with Gasteiger partial charge >= 0.3 is 18.0 Å². The highest BCUT2D eigenvalue weighted by atomic mass is 16.4. The fourth-order valence-corrected chi connectivity index (χ4v) is 1.40. The number of carbonyl (C=O) groups is 5. The number of carbonyl (C=O) groups excluding carboxylic acids is 3. The minimum absolute atomic E-state index is 0.406. The number of hydrogen-bond donors (Lipinski definition) is 4. The molecule has 4 N–H and O–H groups in total. The standard InChI is InChI=1S/C9H11N3O7/c13-5-2-12(3-6(14)11-5)9(19)10-4(8(17)18)1-7(15)16/h4H,1-3H2,(H,10,19)(H,15,16)(H,17,18)(H,11,13,14)/t4-/m1/s1. The first-order valence-corrected chi connectivity index (χ1v) is 5.12. The smallest absolute Gasteiger partial charge is 0.326 e. The third-order valence-electron chi connectivity index (χ3n) is 2.21. The van der Waals surface area contributed by atoms with Crippen molar-refractivity contribution in [3.63, 3.8) is 0 Å². The highest BCUT2D eigenvalue weighted by molar-refractivity contribution is 6.02. The van der Waals surface area contributed by atoms with Gasteiger partial charge in [-0.2, -0.15) is 0 Å². The summed E-state index contributed by atoms with van der Waals surface area (Å²) in [5.41, 5.74) is 0. The largest absolute Gasteiger partial charge is 0.481 e. The third-order valence-corrected chi connectivity index (χ3v) is 2.21. The lowest BCUT2D eigenvalue weighted by Gasteiger charge is -2.26. The van der Waals surface area contributed by atoms with Crippen LogP contribution < -0.4 is 10.6 Å². The summed E-state index contributed by atoms with van der Waals surface area (Å²) in [5.74, 6) is -4.32. The van der Waals surface area contributed by atoms with Gasteiger partial charge in [-0.25, -0.2) is 9.59 Å². The molecule has 0 saturated carbocycles. The Morgan fingerprint density at radius 2 is 1.74 bits per heavy atom. The van der Waals surface area contributed by atoms with Crippen LogP contribution in [0.2, 0.25) is 0 Å². The Kier molecular flexibility index (Phi) is 4.40. The Balaban J connectivity index is 2.66. The van der Waals surface area contributed by atoms with Crippen LogP contribution in [-0.2, 0) is 19.2 Å². The number of imide groups is 1. The van der Waals surface area contributed by atoms with Crippen LogP contribution in [0, 0.1) is 0 Å². The maximum Gasteiger partial charge on any atom is 0.326 e. The van der Waals surface area contributed by atoms with E-state index in [1.54, 1.807) is 0 Å². The molecule has 10 nitrogen and oxygen atoms in total. The van der Waals surface area contributed by atoms with E-state index in [1.807, 2.05) is 10.6 Å². The average Bonchev–Trinajstić information content (AvgIpc) is 2.25. The first-order valence-electron chi connectivity index (χ1n) is 5.12. The van der Waals surface area contributed by atoms with Crippen molar-refractivity contribution < 1.29 is 34.2 Å². The predicted octanol–water partition coefficient (Wildman–Crippen LogP) is -2.42. The van der Waals surface area contributed by atoms with E-state index < -0.39 is 55.3 Å². The third kappa shape index (κ3) is 4.26. The lowest BCUT2D eigenvalue weighted by molar-refractivity contribution is -0.145. The Bertz CT molecular complexity index is 431. The number of hydrogen-bond acceptors (Lipinski definition) is 5. The second-order valence-corrected chi connectivity index (χ2v) is 3.77. The van der Waals surface area contributed by atoms with Crippen LogP contribution in [0.1, 0.15) is 6.42 Å². The maximum atomic E-state index is 11.6. The van der Waals surface area contributed by atoms with Crippen molar-refractivity contribution in [3.05, 3.63) is 0 Å². The van der Waals surface area contributed by atoms with Gasteiger partial charge < -0.3 is 20.4 Å². The lowest BCUT2D eigenvalue weighted by Crippen LogP contribution is -2.57. The average molecular weight is 273 g/mol. The van der Waals surface area contributed by atoms with E-state index in [0.717, 1.165) is 4.90 Å². The SMILES string of the molecule is O=C(O)C[C@@H](NC(=O)N1CC(=O)NC(=O)C1)C(=O)O. The van der Waals surface area contributed by atoms with Crippen LogP contribution in [0.3, 0.4) is 0 Å². The number of carboxylic acid groups (broad SMARTS) is 2. The summed E-state index contributed by atoms with van der Waals surface area (Å²) in [7, 11) is 0. The topological polar surface area (TPSA) is 153 Å². The first-order chi connectivity index (χ1) is 8.79. The van der Waals surface area contributed by atoms with Gasteiger partial charge in [-0.05, 0) is 0 Å². The summed E-state index contributed by atoms with van der Waals surface area (Å²) >= 11 is 0. The molecule has 0 bridgehead atoms. The molecule has 1 saturated heterocycles. The normalized spacial score (nSPS) is 16.5. The van der Waals surface area contributed by atoms with Crippen LogP contribution in [0.4, 0.5) is 4.79 Å². The Morgan fingerprint density at radius 3 is 2.16 bits per heavy atom. The first kappa shape index (κ1) is 14.4. The highest BCUT2D eigenvalue weighted by Crippen LogP contribution is 1.99. The summed E-state index contributed by atoms with van der Waals surface area (Å²) in [6.07, 6.45) is -0.810. The zero-order valence-corrected chi connectivity index (χ0v) is 9.58. The molecule has 0 aromatic rings. The van der Waals surface area contributed by atoms with Gasteiger partial charge in [0.15, 0.2) is 0 Å². The number of urea groups is 1.